The van der Waals surface area contributed by atoms with Crippen molar-refractivity contribution in [2.24, 2.45) is 0 Å². The molecule has 0 radical (unpaired) electrons. The minimum atomic E-state index is 1.12. The average Bonchev–Trinajstić information content (AvgIpc) is 2.95. The fourth-order valence-corrected chi connectivity index (χ4v) is 5.88. The highest BCUT2D eigenvalue weighted by Crippen LogP contribution is 2.45. The molecular weight excluding hydrogens is 434 g/mol. The molecule has 1 N–H and O–H groups in total. The van der Waals surface area contributed by atoms with Crippen LogP contribution in [0.1, 0.15) is 17.5 Å². The number of nitrogens with one attached hydrogen (secondary N) is 1. The van der Waals surface area contributed by atoms with Crippen LogP contribution in [0.4, 0.5) is 5.69 Å². The summed E-state index contributed by atoms with van der Waals surface area (Å²) in [6, 6.07) is 38.2. The van der Waals surface area contributed by atoms with E-state index in [0.29, 0.717) is 0 Å². The second-order valence-corrected chi connectivity index (χ2v) is 9.72. The Morgan fingerprint density at radius 3 is 2.11 bits per heavy atom. The molecule has 1 aliphatic rings. The summed E-state index contributed by atoms with van der Waals surface area (Å²) < 4.78 is 0. The maximum Gasteiger partial charge on any atom is 0.0344 e. The van der Waals surface area contributed by atoms with Gasteiger partial charge in [0.25, 0.3) is 0 Å². The van der Waals surface area contributed by atoms with Crippen LogP contribution in [0.15, 0.2) is 109 Å². The molecule has 0 spiro atoms. The molecule has 0 bridgehead atoms. The van der Waals surface area contributed by atoms with Crippen molar-refractivity contribution in [3.05, 3.63) is 120 Å². The fraction of sp³-hybridized carbons (Fsp3) is 0.0857. The van der Waals surface area contributed by atoms with Gasteiger partial charge in [-0.25, -0.2) is 0 Å². The van der Waals surface area contributed by atoms with Gasteiger partial charge >= 0.3 is 0 Å². The number of hydrogen-bond acceptors (Lipinski definition) is 1. The van der Waals surface area contributed by atoms with Gasteiger partial charge in [0.1, 0.15) is 0 Å². The molecule has 36 heavy (non-hydrogen) atoms. The molecule has 6 aromatic carbocycles. The molecule has 0 amide bonds. The molecule has 0 atom stereocenters. The average molecular weight is 462 g/mol. The van der Waals surface area contributed by atoms with Gasteiger partial charge in [-0.1, -0.05) is 91.0 Å². The first-order valence-corrected chi connectivity index (χ1v) is 12.8. The van der Waals surface area contributed by atoms with Gasteiger partial charge in [-0.05, 0) is 103 Å². The normalized spacial score (nSPS) is 12.8. The van der Waals surface area contributed by atoms with Crippen molar-refractivity contribution in [2.45, 2.75) is 12.8 Å². The second-order valence-electron chi connectivity index (χ2n) is 9.72. The van der Waals surface area contributed by atoms with E-state index in [1.807, 2.05) is 7.05 Å². The van der Waals surface area contributed by atoms with Crippen LogP contribution in [0.3, 0.4) is 0 Å². The van der Waals surface area contributed by atoms with Crippen molar-refractivity contribution in [1.29, 1.82) is 0 Å². The van der Waals surface area contributed by atoms with Crippen molar-refractivity contribution in [1.82, 2.24) is 0 Å². The number of fused-ring (bicyclic) bond motifs is 4. The van der Waals surface area contributed by atoms with Crippen molar-refractivity contribution >= 4 is 44.1 Å². The van der Waals surface area contributed by atoms with Crippen molar-refractivity contribution < 1.29 is 0 Å². The Bertz CT molecular complexity index is 1820. The Kier molecular flexibility index (Phi) is 4.89. The first kappa shape index (κ1) is 21.0. The molecule has 1 aliphatic carbocycles. The van der Waals surface area contributed by atoms with E-state index in [4.69, 9.17) is 0 Å². The van der Waals surface area contributed by atoms with Crippen LogP contribution in [0.25, 0.3) is 60.6 Å². The molecule has 0 fully saturated rings. The summed E-state index contributed by atoms with van der Waals surface area (Å²) in [7, 11) is 2.00. The van der Waals surface area contributed by atoms with E-state index >= 15 is 0 Å². The molecule has 6 aromatic rings. The van der Waals surface area contributed by atoms with Gasteiger partial charge in [0.15, 0.2) is 0 Å². The van der Waals surface area contributed by atoms with Crippen LogP contribution in [0.5, 0.6) is 0 Å². The predicted molar refractivity (Wildman–Crippen MR) is 157 cm³/mol. The summed E-state index contributed by atoms with van der Waals surface area (Å²) in [5, 5.41) is 11.1. The Morgan fingerprint density at radius 2 is 1.28 bits per heavy atom. The first-order valence-electron chi connectivity index (χ1n) is 12.8. The zero-order valence-electron chi connectivity index (χ0n) is 20.4. The summed E-state index contributed by atoms with van der Waals surface area (Å²) >= 11 is 0. The first-order chi connectivity index (χ1) is 17.8. The summed E-state index contributed by atoms with van der Waals surface area (Å²) in [6.07, 6.45) is 6.84. The highest BCUT2D eigenvalue weighted by molar-refractivity contribution is 6.22. The van der Waals surface area contributed by atoms with Crippen LogP contribution >= 0.6 is 0 Å². The van der Waals surface area contributed by atoms with E-state index in [1.54, 1.807) is 0 Å². The Labute approximate surface area is 211 Å². The number of rotatable bonds is 3. The molecule has 7 rings (SSSR count). The van der Waals surface area contributed by atoms with Gasteiger partial charge < -0.3 is 5.32 Å². The number of aryl methyl sites for hydroxylation is 1. The van der Waals surface area contributed by atoms with E-state index in [1.165, 1.54) is 65.7 Å². The van der Waals surface area contributed by atoms with Crippen LogP contribution < -0.4 is 5.32 Å². The number of anilines is 1. The lowest BCUT2D eigenvalue weighted by Crippen LogP contribution is -1.96. The van der Waals surface area contributed by atoms with Gasteiger partial charge in [-0.15, -0.1) is 0 Å². The zero-order valence-corrected chi connectivity index (χ0v) is 20.4. The van der Waals surface area contributed by atoms with Crippen LogP contribution in [-0.2, 0) is 6.42 Å². The third-order valence-electron chi connectivity index (χ3n) is 7.66. The standard InChI is InChI=1S/C35H27N/c1-36-29-18-19-32-33(22-29)35(28-17-15-24-9-3-5-11-26(24)21-28)31-13-7-6-12-30(31)34(32)27-16-14-23-8-2-4-10-25(23)20-27/h2,4-8,10-22,36H,3,9H2,1H3. The summed E-state index contributed by atoms with van der Waals surface area (Å²) in [5.74, 6) is 0. The maximum absolute atomic E-state index is 3.37. The predicted octanol–water partition coefficient (Wildman–Crippen LogP) is 9.48. The van der Waals surface area contributed by atoms with Crippen LogP contribution in [-0.4, -0.2) is 7.05 Å². The highest BCUT2D eigenvalue weighted by atomic mass is 14.8. The monoisotopic (exact) mass is 461 g/mol. The van der Waals surface area contributed by atoms with E-state index in [2.05, 4.69) is 121 Å². The molecule has 1 nitrogen and oxygen atoms in total. The van der Waals surface area contributed by atoms with Crippen molar-refractivity contribution in [3.8, 4) is 22.3 Å². The van der Waals surface area contributed by atoms with Crippen molar-refractivity contribution in [2.75, 3.05) is 12.4 Å². The minimum Gasteiger partial charge on any atom is -0.388 e. The van der Waals surface area contributed by atoms with Gasteiger partial charge in [0.2, 0.25) is 0 Å². The molecule has 0 unspecified atom stereocenters. The molecule has 0 saturated heterocycles. The van der Waals surface area contributed by atoms with Gasteiger partial charge in [-0.3, -0.25) is 0 Å². The molecule has 1 heteroatoms. The van der Waals surface area contributed by atoms with Crippen molar-refractivity contribution in [3.63, 3.8) is 0 Å². The quantitative estimate of drug-likeness (QED) is 0.259. The summed E-state index contributed by atoms with van der Waals surface area (Å²) in [6.45, 7) is 0. The highest BCUT2D eigenvalue weighted by Gasteiger charge is 2.18. The van der Waals surface area contributed by atoms with E-state index in [9.17, 15) is 0 Å². The number of benzene rings is 6. The molecule has 172 valence electrons. The smallest absolute Gasteiger partial charge is 0.0344 e. The van der Waals surface area contributed by atoms with Gasteiger partial charge in [0, 0.05) is 12.7 Å². The Hall–Kier alpha value is -4.36. The topological polar surface area (TPSA) is 12.0 Å². The van der Waals surface area contributed by atoms with E-state index < -0.39 is 0 Å². The number of hydrogen-bond donors (Lipinski definition) is 1. The van der Waals surface area contributed by atoms with E-state index in [-0.39, 0.29) is 0 Å². The lowest BCUT2D eigenvalue weighted by molar-refractivity contribution is 0.986. The number of allylic oxidation sites excluding steroid dienone is 1. The fourth-order valence-electron chi connectivity index (χ4n) is 5.88. The molecule has 0 saturated carbocycles. The molecular formula is C35H27N. The SMILES string of the molecule is CNc1ccc2c(-c3ccc4ccccc4c3)c3ccccc3c(-c3ccc4c(c3)C=CCC4)c2c1. The largest absolute Gasteiger partial charge is 0.388 e. The second kappa shape index (κ2) is 8.39. The molecule has 0 aliphatic heterocycles. The lowest BCUT2D eigenvalue weighted by Gasteiger charge is -2.20. The summed E-state index contributed by atoms with van der Waals surface area (Å²) in [5.41, 5.74) is 9.06. The minimum absolute atomic E-state index is 1.12. The van der Waals surface area contributed by atoms with E-state index in [0.717, 1.165) is 18.5 Å². The zero-order chi connectivity index (χ0) is 24.1. The molecule has 0 aromatic heterocycles. The van der Waals surface area contributed by atoms with Crippen LogP contribution in [0, 0.1) is 0 Å². The summed E-state index contributed by atoms with van der Waals surface area (Å²) in [4.78, 5) is 0. The third-order valence-corrected chi connectivity index (χ3v) is 7.66. The van der Waals surface area contributed by atoms with Gasteiger partial charge in [-0.2, -0.15) is 0 Å². The lowest BCUT2D eigenvalue weighted by atomic mass is 9.84. The maximum atomic E-state index is 3.37. The third kappa shape index (κ3) is 3.31. The Morgan fingerprint density at radius 1 is 0.583 bits per heavy atom. The molecule has 0 heterocycles. The van der Waals surface area contributed by atoms with Gasteiger partial charge in [0.05, 0.1) is 0 Å². The van der Waals surface area contributed by atoms with Crippen LogP contribution in [0.2, 0.25) is 0 Å². The Balaban J connectivity index is 1.60.